The van der Waals surface area contributed by atoms with Crippen molar-refractivity contribution in [2.75, 3.05) is 13.7 Å². The minimum absolute atomic E-state index is 0.0799. The summed E-state index contributed by atoms with van der Waals surface area (Å²) in [5, 5.41) is 0.473. The summed E-state index contributed by atoms with van der Waals surface area (Å²) in [6.45, 7) is 2.80. The lowest BCUT2D eigenvalue weighted by Gasteiger charge is -2.13. The van der Waals surface area contributed by atoms with Crippen LogP contribution in [-0.4, -0.2) is 24.8 Å². The molecular formula is C10H15ClN2O2. The number of halogens is 1. The Morgan fingerprint density at radius 3 is 2.87 bits per heavy atom. The first-order chi connectivity index (χ1) is 7.17. The van der Waals surface area contributed by atoms with Crippen LogP contribution in [0.4, 0.5) is 0 Å². The summed E-state index contributed by atoms with van der Waals surface area (Å²) >= 11 is 5.97. The molecule has 1 atom stereocenters. The van der Waals surface area contributed by atoms with Crippen LogP contribution in [-0.2, 0) is 11.3 Å². The van der Waals surface area contributed by atoms with Gasteiger partial charge in [-0.3, -0.25) is 0 Å². The van der Waals surface area contributed by atoms with Crippen molar-refractivity contribution >= 4 is 11.6 Å². The number of aromatic nitrogens is 1. The largest absolute Gasteiger partial charge is 0.471 e. The molecule has 4 nitrogen and oxygen atoms in total. The van der Waals surface area contributed by atoms with Gasteiger partial charge in [0.2, 0.25) is 5.88 Å². The number of hydrogen-bond acceptors (Lipinski definition) is 4. The maximum atomic E-state index is 5.97. The Morgan fingerprint density at radius 2 is 2.33 bits per heavy atom. The second kappa shape index (κ2) is 5.90. The van der Waals surface area contributed by atoms with Crippen LogP contribution < -0.4 is 10.5 Å². The Bertz CT molecular complexity index is 320. The number of rotatable bonds is 5. The van der Waals surface area contributed by atoms with Gasteiger partial charge in [-0.2, -0.15) is 0 Å². The average Bonchev–Trinajstić information content (AvgIpc) is 2.21. The molecule has 1 heterocycles. The first-order valence-electron chi connectivity index (χ1n) is 4.67. The van der Waals surface area contributed by atoms with Crippen LogP contribution >= 0.6 is 11.6 Å². The lowest BCUT2D eigenvalue weighted by atomic mass is 10.3. The maximum absolute atomic E-state index is 5.97. The van der Waals surface area contributed by atoms with Crippen molar-refractivity contribution in [1.29, 1.82) is 0 Å². The highest BCUT2D eigenvalue weighted by Gasteiger charge is 2.08. The standard InChI is InChI=1S/C10H15ClN2O2/c1-7(6-14-2)15-10-9(11)3-8(4-12)5-13-10/h3,5,7H,4,6,12H2,1-2H3. The van der Waals surface area contributed by atoms with E-state index in [2.05, 4.69) is 4.98 Å². The summed E-state index contributed by atoms with van der Waals surface area (Å²) in [5.41, 5.74) is 6.34. The highest BCUT2D eigenvalue weighted by Crippen LogP contribution is 2.23. The Hall–Kier alpha value is -0.840. The molecule has 5 heteroatoms. The molecule has 84 valence electrons. The second-order valence-corrected chi connectivity index (χ2v) is 3.63. The van der Waals surface area contributed by atoms with Gasteiger partial charge in [0.15, 0.2) is 0 Å². The molecular weight excluding hydrogens is 216 g/mol. The molecule has 0 aliphatic heterocycles. The van der Waals surface area contributed by atoms with E-state index in [0.29, 0.717) is 24.1 Å². The zero-order valence-electron chi connectivity index (χ0n) is 8.87. The summed E-state index contributed by atoms with van der Waals surface area (Å²) < 4.78 is 10.4. The minimum atomic E-state index is -0.0799. The summed E-state index contributed by atoms with van der Waals surface area (Å²) in [7, 11) is 1.62. The first kappa shape index (κ1) is 12.2. The van der Waals surface area contributed by atoms with Gasteiger partial charge in [0, 0.05) is 19.9 Å². The fourth-order valence-corrected chi connectivity index (χ4v) is 1.36. The topological polar surface area (TPSA) is 57.4 Å². The van der Waals surface area contributed by atoms with Gasteiger partial charge in [-0.1, -0.05) is 11.6 Å². The van der Waals surface area contributed by atoms with Crippen molar-refractivity contribution in [1.82, 2.24) is 4.98 Å². The Kier molecular flexibility index (Phi) is 4.81. The zero-order chi connectivity index (χ0) is 11.3. The SMILES string of the molecule is COCC(C)Oc1ncc(CN)cc1Cl. The summed E-state index contributed by atoms with van der Waals surface area (Å²) in [6.07, 6.45) is 1.57. The molecule has 15 heavy (non-hydrogen) atoms. The quantitative estimate of drug-likeness (QED) is 0.835. The number of pyridine rings is 1. The van der Waals surface area contributed by atoms with Gasteiger partial charge in [0.05, 0.1) is 6.61 Å². The molecule has 2 N–H and O–H groups in total. The number of hydrogen-bond donors (Lipinski definition) is 1. The molecule has 1 unspecified atom stereocenters. The van der Waals surface area contributed by atoms with Crippen LogP contribution in [0, 0.1) is 0 Å². The van der Waals surface area contributed by atoms with Crippen molar-refractivity contribution in [3.8, 4) is 5.88 Å². The molecule has 0 spiro atoms. The molecule has 1 aromatic heterocycles. The Labute approximate surface area is 94.3 Å². The maximum Gasteiger partial charge on any atom is 0.232 e. The van der Waals surface area contributed by atoms with E-state index in [1.807, 2.05) is 6.92 Å². The third-order valence-corrected chi connectivity index (χ3v) is 2.08. The van der Waals surface area contributed by atoms with Crippen LogP contribution in [0.1, 0.15) is 12.5 Å². The van der Waals surface area contributed by atoms with Crippen molar-refractivity contribution in [3.63, 3.8) is 0 Å². The van der Waals surface area contributed by atoms with E-state index >= 15 is 0 Å². The molecule has 0 aliphatic rings. The monoisotopic (exact) mass is 230 g/mol. The first-order valence-corrected chi connectivity index (χ1v) is 5.05. The number of ether oxygens (including phenoxy) is 2. The molecule has 0 saturated heterocycles. The van der Waals surface area contributed by atoms with Crippen LogP contribution in [0.2, 0.25) is 5.02 Å². The molecule has 0 amide bonds. The van der Waals surface area contributed by atoms with Crippen molar-refractivity contribution < 1.29 is 9.47 Å². The predicted octanol–water partition coefficient (Wildman–Crippen LogP) is 1.61. The Balaban J connectivity index is 2.69. The fraction of sp³-hybridized carbons (Fsp3) is 0.500. The van der Waals surface area contributed by atoms with Gasteiger partial charge >= 0.3 is 0 Å². The van der Waals surface area contributed by atoms with Crippen molar-refractivity contribution in [3.05, 3.63) is 22.8 Å². The van der Waals surface area contributed by atoms with Crippen LogP contribution in [0.5, 0.6) is 5.88 Å². The highest BCUT2D eigenvalue weighted by molar-refractivity contribution is 6.31. The summed E-state index contributed by atoms with van der Waals surface area (Å²) in [4.78, 5) is 4.08. The predicted molar refractivity (Wildman–Crippen MR) is 59.1 cm³/mol. The fourth-order valence-electron chi connectivity index (χ4n) is 1.12. The Morgan fingerprint density at radius 1 is 1.60 bits per heavy atom. The van der Waals surface area contributed by atoms with E-state index in [-0.39, 0.29) is 6.10 Å². The number of nitrogens with two attached hydrogens (primary N) is 1. The van der Waals surface area contributed by atoms with Gasteiger partial charge in [-0.05, 0) is 18.6 Å². The van der Waals surface area contributed by atoms with E-state index in [1.54, 1.807) is 19.4 Å². The smallest absolute Gasteiger partial charge is 0.232 e. The molecule has 0 aliphatic carbocycles. The molecule has 0 saturated carbocycles. The van der Waals surface area contributed by atoms with Crippen molar-refractivity contribution in [2.45, 2.75) is 19.6 Å². The zero-order valence-corrected chi connectivity index (χ0v) is 9.62. The van der Waals surface area contributed by atoms with Gasteiger partial charge in [0.1, 0.15) is 11.1 Å². The second-order valence-electron chi connectivity index (χ2n) is 3.22. The molecule has 0 fully saturated rings. The van der Waals surface area contributed by atoms with Crippen molar-refractivity contribution in [2.24, 2.45) is 5.73 Å². The van der Waals surface area contributed by atoms with Crippen LogP contribution in [0.15, 0.2) is 12.3 Å². The van der Waals surface area contributed by atoms with E-state index in [4.69, 9.17) is 26.8 Å². The molecule has 1 aromatic rings. The molecule has 0 bridgehead atoms. The van der Waals surface area contributed by atoms with Crippen LogP contribution in [0.25, 0.3) is 0 Å². The third kappa shape index (κ3) is 3.66. The van der Waals surface area contributed by atoms with Gasteiger partial charge in [-0.25, -0.2) is 4.98 Å². The lowest BCUT2D eigenvalue weighted by Crippen LogP contribution is -2.18. The average molecular weight is 231 g/mol. The van der Waals surface area contributed by atoms with Gasteiger partial charge in [0.25, 0.3) is 0 Å². The molecule has 0 aromatic carbocycles. The van der Waals surface area contributed by atoms with E-state index in [9.17, 15) is 0 Å². The van der Waals surface area contributed by atoms with Gasteiger partial charge in [-0.15, -0.1) is 0 Å². The van der Waals surface area contributed by atoms with E-state index in [1.165, 1.54) is 0 Å². The minimum Gasteiger partial charge on any atom is -0.471 e. The van der Waals surface area contributed by atoms with Crippen LogP contribution in [0.3, 0.4) is 0 Å². The van der Waals surface area contributed by atoms with E-state index < -0.39 is 0 Å². The van der Waals surface area contributed by atoms with Gasteiger partial charge < -0.3 is 15.2 Å². The third-order valence-electron chi connectivity index (χ3n) is 1.81. The number of nitrogens with zero attached hydrogens (tertiary/aromatic N) is 1. The highest BCUT2D eigenvalue weighted by atomic mass is 35.5. The molecule has 1 rings (SSSR count). The lowest BCUT2D eigenvalue weighted by molar-refractivity contribution is 0.0890. The molecule has 0 radical (unpaired) electrons. The normalized spacial score (nSPS) is 12.5. The summed E-state index contributed by atoms with van der Waals surface area (Å²) in [6, 6.07) is 1.75. The summed E-state index contributed by atoms with van der Waals surface area (Å²) in [5.74, 6) is 0.415. The number of methoxy groups -OCH3 is 1. The van der Waals surface area contributed by atoms with E-state index in [0.717, 1.165) is 5.56 Å².